The highest BCUT2D eigenvalue weighted by Gasteiger charge is 2.27. The predicted molar refractivity (Wildman–Crippen MR) is 60.2 cm³/mol. The zero-order valence-corrected chi connectivity index (χ0v) is 10.9. The highest BCUT2D eigenvalue weighted by atomic mass is 31.2. The maximum Gasteiger partial charge on any atom is 0.337 e. The van der Waals surface area contributed by atoms with Gasteiger partial charge in [0.25, 0.3) is 0 Å². The molecule has 0 aliphatic heterocycles. The van der Waals surface area contributed by atoms with Crippen LogP contribution in [0.2, 0.25) is 0 Å². The van der Waals surface area contributed by atoms with Gasteiger partial charge in [0.1, 0.15) is 11.9 Å². The first-order valence-corrected chi connectivity index (χ1v) is 6.95. The van der Waals surface area contributed by atoms with Crippen LogP contribution in [0.1, 0.15) is 33.1 Å². The molecule has 1 atom stereocenters. The molecule has 15 heavy (non-hydrogen) atoms. The second-order valence-electron chi connectivity index (χ2n) is 3.64. The summed E-state index contributed by atoms with van der Waals surface area (Å²) in [6, 6.07) is 0. The van der Waals surface area contributed by atoms with E-state index in [0.29, 0.717) is 0 Å². The summed E-state index contributed by atoms with van der Waals surface area (Å²) in [5.74, 6) is -0.112. The van der Waals surface area contributed by atoms with Crippen molar-refractivity contribution in [2.75, 3.05) is 20.4 Å². The number of hydrogen-bond acceptors (Lipinski definition) is 4. The first-order valence-electron chi connectivity index (χ1n) is 5.22. The molecule has 0 saturated carbocycles. The Hall–Kier alpha value is -0.180. The number of Topliss-reactive ketones (excluding diaryl/α,β-unsaturated/α-hetero) is 1. The molecule has 0 spiro atoms. The average molecular weight is 236 g/mol. The van der Waals surface area contributed by atoms with Crippen LogP contribution in [-0.2, 0) is 18.4 Å². The van der Waals surface area contributed by atoms with Crippen molar-refractivity contribution in [2.45, 2.75) is 33.1 Å². The van der Waals surface area contributed by atoms with Gasteiger partial charge >= 0.3 is 7.60 Å². The molecule has 0 unspecified atom stereocenters. The Bertz CT molecular complexity index is 232. The van der Waals surface area contributed by atoms with Gasteiger partial charge in [-0.1, -0.05) is 26.7 Å². The van der Waals surface area contributed by atoms with Crippen LogP contribution < -0.4 is 0 Å². The van der Waals surface area contributed by atoms with Crippen molar-refractivity contribution in [3.63, 3.8) is 0 Å². The van der Waals surface area contributed by atoms with Crippen LogP contribution in [0.15, 0.2) is 0 Å². The topological polar surface area (TPSA) is 52.6 Å². The van der Waals surface area contributed by atoms with Crippen LogP contribution in [0.25, 0.3) is 0 Å². The maximum atomic E-state index is 11.7. The van der Waals surface area contributed by atoms with Crippen molar-refractivity contribution in [3.05, 3.63) is 0 Å². The minimum atomic E-state index is -3.17. The van der Waals surface area contributed by atoms with Gasteiger partial charge < -0.3 is 9.05 Å². The minimum Gasteiger partial charge on any atom is -0.312 e. The van der Waals surface area contributed by atoms with Gasteiger partial charge in [-0.05, 0) is 6.42 Å². The molecule has 0 aliphatic carbocycles. The van der Waals surface area contributed by atoms with Crippen LogP contribution in [0.3, 0.4) is 0 Å². The van der Waals surface area contributed by atoms with E-state index in [1.165, 1.54) is 14.2 Å². The molecule has 0 aromatic rings. The van der Waals surface area contributed by atoms with Gasteiger partial charge in [-0.3, -0.25) is 9.36 Å². The van der Waals surface area contributed by atoms with Crippen molar-refractivity contribution in [3.8, 4) is 0 Å². The summed E-state index contributed by atoms with van der Waals surface area (Å²) in [4.78, 5) is 11.7. The van der Waals surface area contributed by atoms with Gasteiger partial charge in [0, 0.05) is 20.1 Å². The Morgan fingerprint density at radius 3 is 2.27 bits per heavy atom. The van der Waals surface area contributed by atoms with Crippen molar-refractivity contribution in [1.82, 2.24) is 0 Å². The van der Waals surface area contributed by atoms with Crippen LogP contribution in [0.5, 0.6) is 0 Å². The lowest BCUT2D eigenvalue weighted by atomic mass is 10.0. The molecule has 0 rings (SSSR count). The average Bonchev–Trinajstić information content (AvgIpc) is 2.25. The lowest BCUT2D eigenvalue weighted by molar-refractivity contribution is -0.120. The summed E-state index contributed by atoms with van der Waals surface area (Å²) in [7, 11) is -0.573. The first-order chi connectivity index (χ1) is 6.99. The summed E-state index contributed by atoms with van der Waals surface area (Å²) in [5, 5.41) is 0. The van der Waals surface area contributed by atoms with Gasteiger partial charge in [-0.25, -0.2) is 0 Å². The van der Waals surface area contributed by atoms with E-state index in [9.17, 15) is 9.36 Å². The summed E-state index contributed by atoms with van der Waals surface area (Å²) in [6.45, 7) is 3.93. The number of ketones is 1. The van der Waals surface area contributed by atoms with Crippen molar-refractivity contribution >= 4 is 13.4 Å². The zero-order chi connectivity index (χ0) is 11.9. The summed E-state index contributed by atoms with van der Waals surface area (Å²) in [6.07, 6.45) is 2.79. The third kappa shape index (κ3) is 5.45. The molecule has 0 N–H and O–H groups in total. The second-order valence-corrected chi connectivity index (χ2v) is 5.91. The maximum absolute atomic E-state index is 11.7. The largest absolute Gasteiger partial charge is 0.337 e. The Labute approximate surface area is 91.9 Å². The molecule has 0 heterocycles. The molecule has 0 aromatic carbocycles. The Morgan fingerprint density at radius 2 is 1.87 bits per heavy atom. The molecule has 0 saturated heterocycles. The van der Waals surface area contributed by atoms with Crippen molar-refractivity contribution < 1.29 is 18.4 Å². The summed E-state index contributed by atoms with van der Waals surface area (Å²) < 4.78 is 21.1. The van der Waals surface area contributed by atoms with Gasteiger partial charge in [-0.2, -0.15) is 0 Å². The zero-order valence-electron chi connectivity index (χ0n) is 9.99. The van der Waals surface area contributed by atoms with Crippen LogP contribution >= 0.6 is 7.60 Å². The van der Waals surface area contributed by atoms with E-state index < -0.39 is 7.60 Å². The van der Waals surface area contributed by atoms with Gasteiger partial charge in [0.2, 0.25) is 0 Å². The van der Waals surface area contributed by atoms with E-state index in [-0.39, 0.29) is 17.9 Å². The van der Waals surface area contributed by atoms with Crippen LogP contribution in [0, 0.1) is 5.92 Å². The third-order valence-corrected chi connectivity index (χ3v) is 4.26. The predicted octanol–water partition coefficient (Wildman–Crippen LogP) is 2.87. The number of rotatable bonds is 8. The quantitative estimate of drug-likeness (QED) is 0.608. The molecular weight excluding hydrogens is 215 g/mol. The van der Waals surface area contributed by atoms with E-state index in [2.05, 4.69) is 6.92 Å². The van der Waals surface area contributed by atoms with Gasteiger partial charge in [-0.15, -0.1) is 0 Å². The third-order valence-electron chi connectivity index (χ3n) is 2.45. The SMILES string of the molecule is CCCC[C@@H](C)C(=O)CP(=O)(OC)OC. The Balaban J connectivity index is 4.17. The fraction of sp³-hybridized carbons (Fsp3) is 0.900. The van der Waals surface area contributed by atoms with E-state index in [0.717, 1.165) is 19.3 Å². The van der Waals surface area contributed by atoms with Crippen LogP contribution in [-0.4, -0.2) is 26.2 Å². The molecule has 90 valence electrons. The number of carbonyl (C=O) groups is 1. The van der Waals surface area contributed by atoms with E-state index in [4.69, 9.17) is 9.05 Å². The number of unbranched alkanes of at least 4 members (excludes halogenated alkanes) is 1. The fourth-order valence-corrected chi connectivity index (χ4v) is 2.32. The molecule has 0 amide bonds. The standard InChI is InChI=1S/C10H21O4P/c1-5-6-7-9(2)10(11)8-15(12,13-3)14-4/h9H,5-8H2,1-4H3/t9-/m1/s1. The normalized spacial score (nSPS) is 13.9. The van der Waals surface area contributed by atoms with E-state index in [1.54, 1.807) is 0 Å². The fourth-order valence-electron chi connectivity index (χ4n) is 1.22. The van der Waals surface area contributed by atoms with Crippen molar-refractivity contribution in [1.29, 1.82) is 0 Å². The summed E-state index contributed by atoms with van der Waals surface area (Å²) in [5.41, 5.74) is 0. The molecule has 4 nitrogen and oxygen atoms in total. The molecule has 0 fully saturated rings. The number of carbonyl (C=O) groups excluding carboxylic acids is 1. The van der Waals surface area contributed by atoms with E-state index in [1.807, 2.05) is 6.92 Å². The molecule has 5 heteroatoms. The smallest absolute Gasteiger partial charge is 0.312 e. The molecular formula is C10H21O4P. The van der Waals surface area contributed by atoms with Crippen molar-refractivity contribution in [2.24, 2.45) is 5.92 Å². The lowest BCUT2D eigenvalue weighted by Gasteiger charge is -2.15. The van der Waals surface area contributed by atoms with Gasteiger partial charge in [0.15, 0.2) is 0 Å². The molecule has 0 aliphatic rings. The Morgan fingerprint density at radius 1 is 1.33 bits per heavy atom. The molecule has 0 aromatic heterocycles. The first kappa shape index (κ1) is 14.8. The Kier molecular flexibility index (Phi) is 7.07. The highest BCUT2D eigenvalue weighted by Crippen LogP contribution is 2.46. The van der Waals surface area contributed by atoms with Gasteiger partial charge in [0.05, 0.1) is 0 Å². The monoisotopic (exact) mass is 236 g/mol. The molecule has 0 bridgehead atoms. The van der Waals surface area contributed by atoms with Crippen LogP contribution in [0.4, 0.5) is 0 Å². The number of hydrogen-bond donors (Lipinski definition) is 0. The minimum absolute atomic E-state index is 0.0458. The molecule has 0 radical (unpaired) electrons. The van der Waals surface area contributed by atoms with E-state index >= 15 is 0 Å². The highest BCUT2D eigenvalue weighted by molar-refractivity contribution is 7.54. The lowest BCUT2D eigenvalue weighted by Crippen LogP contribution is -2.16. The second kappa shape index (κ2) is 7.15. The summed E-state index contributed by atoms with van der Waals surface area (Å²) >= 11 is 0.